The maximum absolute atomic E-state index is 13.8. The molecule has 4 fully saturated rings. The molecule has 7 rings (SSSR count). The van der Waals surface area contributed by atoms with E-state index in [-0.39, 0.29) is 18.3 Å². The molecule has 2 bridgehead atoms. The normalized spacial score (nSPS) is 22.7. The topological polar surface area (TPSA) is 107 Å². The molecular formula is C35H40N2O7. The van der Waals surface area contributed by atoms with Crippen LogP contribution < -0.4 is 10.1 Å². The largest absolute Gasteiger partial charge is 0.494 e. The molecule has 9 heteroatoms. The molecule has 232 valence electrons. The van der Waals surface area contributed by atoms with Gasteiger partial charge in [0.25, 0.3) is 5.91 Å². The summed E-state index contributed by atoms with van der Waals surface area (Å²) >= 11 is 0. The lowest BCUT2D eigenvalue weighted by Crippen LogP contribution is -2.53. The maximum Gasteiger partial charge on any atom is 0.348 e. The number of hydrogen-bond donors (Lipinski definition) is 2. The van der Waals surface area contributed by atoms with E-state index < -0.39 is 11.6 Å². The zero-order valence-corrected chi connectivity index (χ0v) is 24.9. The van der Waals surface area contributed by atoms with Crippen LogP contribution in [0.25, 0.3) is 0 Å². The Kier molecular flexibility index (Phi) is 9.57. The summed E-state index contributed by atoms with van der Waals surface area (Å²) < 4.78 is 22.8. The van der Waals surface area contributed by atoms with Crippen LogP contribution in [-0.4, -0.2) is 73.7 Å². The number of unbranched alkanes of at least 4 members (excludes halogenated alkanes) is 1. The van der Waals surface area contributed by atoms with Gasteiger partial charge >= 0.3 is 5.97 Å². The van der Waals surface area contributed by atoms with Crippen molar-refractivity contribution in [1.29, 1.82) is 0 Å². The van der Waals surface area contributed by atoms with E-state index in [2.05, 4.69) is 10.2 Å². The molecule has 0 aromatic heterocycles. The molecule has 1 unspecified atom stereocenters. The minimum absolute atomic E-state index is 0.0931. The predicted octanol–water partition coefficient (Wildman–Crippen LogP) is 4.73. The molecular weight excluding hydrogens is 560 g/mol. The Morgan fingerprint density at radius 1 is 0.909 bits per heavy atom. The van der Waals surface area contributed by atoms with Gasteiger partial charge in [-0.25, -0.2) is 4.79 Å². The number of carbonyl (C=O) groups is 2. The Bertz CT molecular complexity index is 1400. The van der Waals surface area contributed by atoms with E-state index >= 15 is 0 Å². The first-order chi connectivity index (χ1) is 21.5. The van der Waals surface area contributed by atoms with Crippen molar-refractivity contribution in [2.75, 3.05) is 44.8 Å². The Labute approximate surface area is 258 Å². The zero-order chi connectivity index (χ0) is 30.4. The van der Waals surface area contributed by atoms with Crippen LogP contribution in [0.2, 0.25) is 0 Å². The second-order valence-electron chi connectivity index (χ2n) is 11.7. The molecule has 44 heavy (non-hydrogen) atoms. The van der Waals surface area contributed by atoms with Crippen molar-refractivity contribution >= 4 is 17.6 Å². The molecule has 3 aromatic rings. The SMILES string of the molecule is O=C(Nc1cccc(C(O)(C(=O)O[C@H]2CN3CCC2CC3)c2ccccc2)c1)c1ccc(OCCCCC2OCCO2)cc1. The summed E-state index contributed by atoms with van der Waals surface area (Å²) in [7, 11) is 0. The van der Waals surface area contributed by atoms with E-state index in [9.17, 15) is 14.7 Å². The molecule has 4 heterocycles. The average Bonchev–Trinajstić information content (AvgIpc) is 3.59. The van der Waals surface area contributed by atoms with E-state index in [1.807, 2.05) is 6.07 Å². The number of hydrogen-bond acceptors (Lipinski definition) is 8. The highest BCUT2D eigenvalue weighted by atomic mass is 16.7. The number of nitrogens with one attached hydrogen (secondary N) is 1. The van der Waals surface area contributed by atoms with Gasteiger partial charge in [-0.1, -0.05) is 42.5 Å². The number of carbonyl (C=O) groups excluding carboxylic acids is 2. The lowest BCUT2D eigenvalue weighted by atomic mass is 9.84. The number of benzene rings is 3. The summed E-state index contributed by atoms with van der Waals surface area (Å²) in [6, 6.07) is 22.5. The molecule has 0 aliphatic carbocycles. The van der Waals surface area contributed by atoms with Crippen molar-refractivity contribution in [3.63, 3.8) is 0 Å². The first kappa shape index (κ1) is 30.3. The van der Waals surface area contributed by atoms with E-state index in [1.165, 1.54) is 0 Å². The summed E-state index contributed by atoms with van der Waals surface area (Å²) in [5.74, 6) is -0.0328. The van der Waals surface area contributed by atoms with E-state index in [0.29, 0.717) is 60.4 Å². The van der Waals surface area contributed by atoms with Gasteiger partial charge in [-0.05, 0) is 93.1 Å². The van der Waals surface area contributed by atoms with Gasteiger partial charge in [0.1, 0.15) is 11.9 Å². The third-order valence-electron chi connectivity index (χ3n) is 8.79. The van der Waals surface area contributed by atoms with Crippen LogP contribution in [0.4, 0.5) is 5.69 Å². The van der Waals surface area contributed by atoms with Crippen molar-refractivity contribution in [2.24, 2.45) is 5.92 Å². The van der Waals surface area contributed by atoms with Crippen molar-refractivity contribution in [3.8, 4) is 5.75 Å². The van der Waals surface area contributed by atoms with Crippen molar-refractivity contribution < 1.29 is 33.6 Å². The minimum atomic E-state index is -2.04. The summed E-state index contributed by atoms with van der Waals surface area (Å²) in [5, 5.41) is 15.0. The molecule has 4 aliphatic rings. The fourth-order valence-corrected chi connectivity index (χ4v) is 6.25. The molecule has 9 nitrogen and oxygen atoms in total. The number of piperidine rings is 3. The van der Waals surface area contributed by atoms with Gasteiger partial charge in [0, 0.05) is 23.4 Å². The maximum atomic E-state index is 13.8. The van der Waals surface area contributed by atoms with Gasteiger partial charge in [-0.15, -0.1) is 0 Å². The monoisotopic (exact) mass is 600 g/mol. The quantitative estimate of drug-likeness (QED) is 0.227. The highest BCUT2D eigenvalue weighted by Gasteiger charge is 2.45. The van der Waals surface area contributed by atoms with Crippen LogP contribution >= 0.6 is 0 Å². The number of esters is 1. The second-order valence-corrected chi connectivity index (χ2v) is 11.7. The summed E-state index contributed by atoms with van der Waals surface area (Å²) in [4.78, 5) is 29.2. The molecule has 2 N–H and O–H groups in total. The van der Waals surface area contributed by atoms with Crippen molar-refractivity contribution in [3.05, 3.63) is 95.6 Å². The molecule has 2 atom stereocenters. The Morgan fingerprint density at radius 3 is 2.34 bits per heavy atom. The van der Waals surface area contributed by atoms with Gasteiger partial charge < -0.3 is 29.4 Å². The van der Waals surface area contributed by atoms with Gasteiger partial charge in [-0.3, -0.25) is 9.69 Å². The number of anilines is 1. The van der Waals surface area contributed by atoms with Crippen LogP contribution in [0, 0.1) is 5.92 Å². The van der Waals surface area contributed by atoms with E-state index in [1.54, 1.807) is 72.8 Å². The zero-order valence-electron chi connectivity index (χ0n) is 24.9. The van der Waals surface area contributed by atoms with Gasteiger partial charge in [-0.2, -0.15) is 0 Å². The fourth-order valence-electron chi connectivity index (χ4n) is 6.25. The number of rotatable bonds is 12. The van der Waals surface area contributed by atoms with E-state index in [4.69, 9.17) is 18.9 Å². The Balaban J connectivity index is 1.10. The summed E-state index contributed by atoms with van der Waals surface area (Å²) in [6.45, 7) is 4.62. The third-order valence-corrected chi connectivity index (χ3v) is 8.79. The van der Waals surface area contributed by atoms with Crippen LogP contribution in [0.5, 0.6) is 5.75 Å². The number of fused-ring (bicyclic) bond motifs is 3. The van der Waals surface area contributed by atoms with E-state index in [0.717, 1.165) is 45.2 Å². The lowest BCUT2D eigenvalue weighted by Gasteiger charge is -2.44. The van der Waals surface area contributed by atoms with Crippen LogP contribution in [0.1, 0.15) is 53.6 Å². The molecule has 1 amide bonds. The first-order valence-electron chi connectivity index (χ1n) is 15.6. The van der Waals surface area contributed by atoms with Gasteiger partial charge in [0.15, 0.2) is 6.29 Å². The van der Waals surface area contributed by atoms with Gasteiger partial charge in [0.05, 0.1) is 19.8 Å². The number of ether oxygens (including phenoxy) is 4. The number of amides is 1. The first-order valence-corrected chi connectivity index (χ1v) is 15.6. The highest BCUT2D eigenvalue weighted by Crippen LogP contribution is 2.36. The van der Waals surface area contributed by atoms with Crippen molar-refractivity contribution in [2.45, 2.75) is 50.1 Å². The third kappa shape index (κ3) is 6.97. The number of nitrogens with zero attached hydrogens (tertiary/aromatic N) is 1. The van der Waals surface area contributed by atoms with Gasteiger partial charge in [0.2, 0.25) is 5.60 Å². The average molecular weight is 601 g/mol. The number of aliphatic hydroxyl groups is 1. The lowest BCUT2D eigenvalue weighted by molar-refractivity contribution is -0.177. The predicted molar refractivity (Wildman–Crippen MR) is 164 cm³/mol. The van der Waals surface area contributed by atoms with Crippen LogP contribution in [0.3, 0.4) is 0 Å². The molecule has 3 aromatic carbocycles. The smallest absolute Gasteiger partial charge is 0.348 e. The van der Waals surface area contributed by atoms with Crippen LogP contribution in [-0.2, 0) is 24.6 Å². The molecule has 0 saturated carbocycles. The van der Waals surface area contributed by atoms with Crippen molar-refractivity contribution in [1.82, 2.24) is 4.90 Å². The standard InChI is InChI=1S/C35H40N2O7/c38-33(26-12-14-30(15-13-26)41-20-5-4-11-32-42-21-22-43-32)36-29-10-6-9-28(23-29)35(40,27-7-2-1-3-8-27)34(39)44-31-24-37-18-16-25(31)17-19-37/h1-3,6-10,12-15,23,25,31-32,40H,4-5,11,16-22,24H2,(H,36,38)/t31-,35?/m0/s1. The highest BCUT2D eigenvalue weighted by molar-refractivity contribution is 6.04. The second kappa shape index (κ2) is 13.9. The Hall–Kier alpha value is -3.76. The Morgan fingerprint density at radius 2 is 1.64 bits per heavy atom. The summed E-state index contributed by atoms with van der Waals surface area (Å²) in [6.07, 6.45) is 4.31. The minimum Gasteiger partial charge on any atom is -0.494 e. The molecule has 0 spiro atoms. The summed E-state index contributed by atoms with van der Waals surface area (Å²) in [5.41, 5.74) is -0.399. The fraction of sp³-hybridized carbons (Fsp3) is 0.429. The van der Waals surface area contributed by atoms with Crippen LogP contribution in [0.15, 0.2) is 78.9 Å². The molecule has 4 aliphatic heterocycles. The molecule has 4 saturated heterocycles. The molecule has 0 radical (unpaired) electrons.